The van der Waals surface area contributed by atoms with Gasteiger partial charge >= 0.3 is 0 Å². The summed E-state index contributed by atoms with van der Waals surface area (Å²) in [6.45, 7) is 5.90. The van der Waals surface area contributed by atoms with Crippen LogP contribution in [0.25, 0.3) is 5.70 Å². The van der Waals surface area contributed by atoms with E-state index in [0.717, 1.165) is 24.4 Å². The fourth-order valence-corrected chi connectivity index (χ4v) is 2.34. The zero-order valence-corrected chi connectivity index (χ0v) is 12.8. The summed E-state index contributed by atoms with van der Waals surface area (Å²) in [5, 5.41) is 4.06. The van der Waals surface area contributed by atoms with Crippen molar-refractivity contribution in [2.45, 2.75) is 13.8 Å². The van der Waals surface area contributed by atoms with Gasteiger partial charge in [0.05, 0.1) is 0 Å². The summed E-state index contributed by atoms with van der Waals surface area (Å²) in [5.74, 6) is -0.0271. The molecule has 0 spiro atoms. The van der Waals surface area contributed by atoms with Crippen molar-refractivity contribution in [2.24, 2.45) is 7.05 Å². The number of aromatic nitrogens is 2. The standard InChI is InChI=1S/C17H21N3O/c1-4-20(5-2)16(14-9-7-6-8-10-14)13-17(21)15-11-12-18-19(15)3/h6-13H,4-5H2,1-3H3/b16-13-. The molecule has 1 heterocycles. The number of ketones is 1. The van der Waals surface area contributed by atoms with E-state index in [-0.39, 0.29) is 5.78 Å². The van der Waals surface area contributed by atoms with Crippen LogP contribution in [-0.4, -0.2) is 33.6 Å². The monoisotopic (exact) mass is 283 g/mol. The molecular formula is C17H21N3O. The molecule has 0 aliphatic heterocycles. The van der Waals surface area contributed by atoms with Gasteiger partial charge in [0.1, 0.15) is 5.69 Å². The van der Waals surface area contributed by atoms with Gasteiger partial charge in [-0.2, -0.15) is 5.10 Å². The van der Waals surface area contributed by atoms with Crippen LogP contribution >= 0.6 is 0 Å². The molecule has 2 rings (SSSR count). The quantitative estimate of drug-likeness (QED) is 0.604. The lowest BCUT2D eigenvalue weighted by atomic mass is 10.1. The number of carbonyl (C=O) groups is 1. The molecule has 0 N–H and O–H groups in total. The molecule has 0 amide bonds. The van der Waals surface area contributed by atoms with Crippen molar-refractivity contribution in [2.75, 3.05) is 13.1 Å². The van der Waals surface area contributed by atoms with Gasteiger partial charge < -0.3 is 4.90 Å². The summed E-state index contributed by atoms with van der Waals surface area (Å²) in [5.41, 5.74) is 2.60. The van der Waals surface area contributed by atoms with Crippen molar-refractivity contribution < 1.29 is 4.79 Å². The van der Waals surface area contributed by atoms with Crippen LogP contribution in [0, 0.1) is 0 Å². The molecule has 0 bridgehead atoms. The van der Waals surface area contributed by atoms with Crippen LogP contribution in [0.3, 0.4) is 0 Å². The van der Waals surface area contributed by atoms with Gasteiger partial charge in [-0.3, -0.25) is 9.48 Å². The first-order chi connectivity index (χ1) is 10.2. The van der Waals surface area contributed by atoms with E-state index >= 15 is 0 Å². The Balaban J connectivity index is 2.42. The second-order valence-corrected chi connectivity index (χ2v) is 4.77. The molecule has 0 atom stereocenters. The molecule has 0 saturated heterocycles. The van der Waals surface area contributed by atoms with E-state index in [1.54, 1.807) is 30.1 Å². The van der Waals surface area contributed by atoms with Crippen molar-refractivity contribution >= 4 is 11.5 Å². The van der Waals surface area contributed by atoms with E-state index < -0.39 is 0 Å². The largest absolute Gasteiger partial charge is 0.371 e. The Hall–Kier alpha value is -2.36. The topological polar surface area (TPSA) is 38.1 Å². The van der Waals surface area contributed by atoms with E-state index in [1.807, 2.05) is 30.3 Å². The highest BCUT2D eigenvalue weighted by Gasteiger charge is 2.13. The number of rotatable bonds is 6. The maximum atomic E-state index is 12.5. The van der Waals surface area contributed by atoms with Gasteiger partial charge in [-0.25, -0.2) is 0 Å². The van der Waals surface area contributed by atoms with Gasteiger partial charge in [-0.05, 0) is 25.5 Å². The Morgan fingerprint density at radius 2 is 1.86 bits per heavy atom. The number of hydrogen-bond acceptors (Lipinski definition) is 3. The smallest absolute Gasteiger partial charge is 0.205 e. The minimum absolute atomic E-state index is 0.0271. The van der Waals surface area contributed by atoms with Gasteiger partial charge in [0.15, 0.2) is 0 Å². The van der Waals surface area contributed by atoms with Gasteiger partial charge in [-0.1, -0.05) is 30.3 Å². The summed E-state index contributed by atoms with van der Waals surface area (Å²) in [7, 11) is 1.78. The maximum Gasteiger partial charge on any atom is 0.205 e. The number of nitrogens with zero attached hydrogens (tertiary/aromatic N) is 3. The number of carbonyl (C=O) groups excluding carboxylic acids is 1. The normalized spacial score (nSPS) is 11.5. The first-order valence-electron chi connectivity index (χ1n) is 7.21. The molecule has 2 aromatic rings. The molecular weight excluding hydrogens is 262 g/mol. The van der Waals surface area contributed by atoms with Gasteiger partial charge in [0.25, 0.3) is 0 Å². The lowest BCUT2D eigenvalue weighted by molar-refractivity contribution is 0.103. The molecule has 0 aliphatic carbocycles. The van der Waals surface area contributed by atoms with Crippen LogP contribution in [0.1, 0.15) is 29.9 Å². The number of benzene rings is 1. The molecule has 4 nitrogen and oxygen atoms in total. The third-order valence-electron chi connectivity index (χ3n) is 3.51. The lowest BCUT2D eigenvalue weighted by Crippen LogP contribution is -2.22. The van der Waals surface area contributed by atoms with Crippen LogP contribution in [0.5, 0.6) is 0 Å². The van der Waals surface area contributed by atoms with Crippen molar-refractivity contribution in [1.29, 1.82) is 0 Å². The van der Waals surface area contributed by atoms with Crippen molar-refractivity contribution in [3.05, 3.63) is 59.9 Å². The second kappa shape index (κ2) is 6.88. The van der Waals surface area contributed by atoms with Gasteiger partial charge in [-0.15, -0.1) is 0 Å². The molecule has 0 unspecified atom stereocenters. The first kappa shape index (κ1) is 15.0. The van der Waals surface area contributed by atoms with Crippen LogP contribution < -0.4 is 0 Å². The minimum Gasteiger partial charge on any atom is -0.371 e. The molecule has 0 aliphatic rings. The Morgan fingerprint density at radius 1 is 1.19 bits per heavy atom. The summed E-state index contributed by atoms with van der Waals surface area (Å²) in [6.07, 6.45) is 3.35. The van der Waals surface area contributed by atoms with E-state index in [2.05, 4.69) is 23.8 Å². The Labute approximate surface area is 125 Å². The second-order valence-electron chi connectivity index (χ2n) is 4.77. The third kappa shape index (κ3) is 3.40. The number of hydrogen-bond donors (Lipinski definition) is 0. The summed E-state index contributed by atoms with van der Waals surface area (Å²) >= 11 is 0. The van der Waals surface area contributed by atoms with Crippen molar-refractivity contribution in [1.82, 2.24) is 14.7 Å². The third-order valence-corrected chi connectivity index (χ3v) is 3.51. The average Bonchev–Trinajstić information content (AvgIpc) is 2.94. The van der Waals surface area contributed by atoms with Crippen molar-refractivity contribution in [3.63, 3.8) is 0 Å². The first-order valence-corrected chi connectivity index (χ1v) is 7.21. The van der Waals surface area contributed by atoms with Crippen LogP contribution in [0.15, 0.2) is 48.7 Å². The van der Waals surface area contributed by atoms with Gasteiger partial charge in [0.2, 0.25) is 5.78 Å². The predicted molar refractivity (Wildman–Crippen MR) is 84.9 cm³/mol. The molecule has 0 radical (unpaired) electrons. The van der Waals surface area contributed by atoms with Crippen LogP contribution in [-0.2, 0) is 7.05 Å². The fraction of sp³-hybridized carbons (Fsp3) is 0.294. The van der Waals surface area contributed by atoms with Crippen LogP contribution in [0.4, 0.5) is 0 Å². The summed E-state index contributed by atoms with van der Waals surface area (Å²) < 4.78 is 1.60. The highest BCUT2D eigenvalue weighted by molar-refractivity contribution is 6.07. The highest BCUT2D eigenvalue weighted by Crippen LogP contribution is 2.19. The highest BCUT2D eigenvalue weighted by atomic mass is 16.1. The number of aryl methyl sites for hydroxylation is 1. The zero-order valence-electron chi connectivity index (χ0n) is 12.8. The number of allylic oxidation sites excluding steroid dienone is 1. The maximum absolute atomic E-state index is 12.5. The molecule has 1 aromatic carbocycles. The summed E-state index contributed by atoms with van der Waals surface area (Å²) in [4.78, 5) is 14.7. The Kier molecular flexibility index (Phi) is 4.93. The Bertz CT molecular complexity index is 624. The lowest BCUT2D eigenvalue weighted by Gasteiger charge is -2.24. The molecule has 0 fully saturated rings. The average molecular weight is 283 g/mol. The summed E-state index contributed by atoms with van der Waals surface area (Å²) in [6, 6.07) is 11.7. The zero-order chi connectivity index (χ0) is 15.2. The molecule has 1 aromatic heterocycles. The molecule has 21 heavy (non-hydrogen) atoms. The van der Waals surface area contributed by atoms with Crippen LogP contribution in [0.2, 0.25) is 0 Å². The van der Waals surface area contributed by atoms with E-state index in [9.17, 15) is 4.79 Å². The molecule has 4 heteroatoms. The van der Waals surface area contributed by atoms with E-state index in [0.29, 0.717) is 5.69 Å². The molecule has 110 valence electrons. The van der Waals surface area contributed by atoms with Gasteiger partial charge in [0, 0.05) is 38.1 Å². The Morgan fingerprint density at radius 3 is 2.38 bits per heavy atom. The molecule has 0 saturated carbocycles. The minimum atomic E-state index is -0.0271. The fourth-order valence-electron chi connectivity index (χ4n) is 2.34. The predicted octanol–water partition coefficient (Wildman–Crippen LogP) is 2.99. The SMILES string of the molecule is CCN(CC)/C(=C\C(=O)c1ccnn1C)c1ccccc1. The van der Waals surface area contributed by atoms with E-state index in [4.69, 9.17) is 0 Å². The van der Waals surface area contributed by atoms with E-state index in [1.165, 1.54) is 0 Å². The van der Waals surface area contributed by atoms with Crippen molar-refractivity contribution in [3.8, 4) is 0 Å².